The van der Waals surface area contributed by atoms with Crippen LogP contribution in [0.25, 0.3) is 0 Å². The molecule has 1 unspecified atom stereocenters. The number of esters is 1. The Bertz CT molecular complexity index is 392. The zero-order chi connectivity index (χ0) is 12.8. The number of nitrogens with two attached hydrogens (primary N) is 2. The highest BCUT2D eigenvalue weighted by atomic mass is 16.5. The second-order valence-corrected chi connectivity index (χ2v) is 3.49. The molecule has 1 aromatic carbocycles. The third-order valence-corrected chi connectivity index (χ3v) is 2.13. The molecular weight excluding hydrogens is 224 g/mol. The van der Waals surface area contributed by atoms with Crippen LogP contribution in [-0.2, 0) is 20.9 Å². The van der Waals surface area contributed by atoms with Gasteiger partial charge in [-0.1, -0.05) is 30.3 Å². The Morgan fingerprint density at radius 3 is 2.29 bits per heavy atom. The Morgan fingerprint density at radius 2 is 1.82 bits per heavy atom. The molecule has 1 aromatic rings. The normalized spacial score (nSPS) is 12.2. The number of ether oxygens (including phenoxy) is 1. The minimum Gasteiger partial charge on any atom is -0.481 e. The van der Waals surface area contributed by atoms with E-state index in [1.54, 1.807) is 24.3 Å². The summed E-state index contributed by atoms with van der Waals surface area (Å²) in [5.41, 5.74) is 11.2. The largest absolute Gasteiger partial charge is 0.481 e. The zero-order valence-corrected chi connectivity index (χ0v) is 9.08. The van der Waals surface area contributed by atoms with Crippen molar-refractivity contribution in [3.8, 4) is 0 Å². The van der Waals surface area contributed by atoms with Gasteiger partial charge in [0.05, 0.1) is 6.17 Å². The van der Waals surface area contributed by atoms with Gasteiger partial charge in [0.1, 0.15) is 6.61 Å². The number of hydrogen-bond acceptors (Lipinski definition) is 5. The fourth-order valence-corrected chi connectivity index (χ4v) is 1.24. The van der Waals surface area contributed by atoms with Crippen molar-refractivity contribution in [1.29, 1.82) is 0 Å². The van der Waals surface area contributed by atoms with Crippen molar-refractivity contribution in [3.63, 3.8) is 0 Å². The Labute approximate surface area is 98.2 Å². The van der Waals surface area contributed by atoms with Crippen molar-refractivity contribution in [2.45, 2.75) is 12.8 Å². The van der Waals surface area contributed by atoms with E-state index in [0.29, 0.717) is 0 Å². The first-order valence-electron chi connectivity index (χ1n) is 4.97. The summed E-state index contributed by atoms with van der Waals surface area (Å²) in [6.07, 6.45) is -1.28. The lowest BCUT2D eigenvalue weighted by molar-refractivity contribution is -0.160. The molecule has 1 atom stereocenters. The van der Waals surface area contributed by atoms with E-state index in [1.165, 1.54) is 0 Å². The Kier molecular flexibility index (Phi) is 4.62. The van der Waals surface area contributed by atoms with Gasteiger partial charge in [-0.05, 0) is 5.56 Å². The van der Waals surface area contributed by atoms with E-state index in [-0.39, 0.29) is 6.61 Å². The smallest absolute Gasteiger partial charge is 0.323 e. The van der Waals surface area contributed by atoms with Crippen molar-refractivity contribution < 1.29 is 19.4 Å². The van der Waals surface area contributed by atoms with Crippen LogP contribution in [0.2, 0.25) is 0 Å². The van der Waals surface area contributed by atoms with Gasteiger partial charge in [-0.25, -0.2) is 0 Å². The van der Waals surface area contributed by atoms with E-state index in [0.717, 1.165) is 5.56 Å². The lowest BCUT2D eigenvalue weighted by Gasteiger charge is -2.14. The number of carbonyl (C=O) groups excluding carboxylic acids is 1. The maximum absolute atomic E-state index is 11.4. The summed E-state index contributed by atoms with van der Waals surface area (Å²) < 4.78 is 4.83. The first kappa shape index (κ1) is 13.1. The minimum absolute atomic E-state index is 0.00380. The molecule has 1 rings (SSSR count). The second-order valence-electron chi connectivity index (χ2n) is 3.49. The number of rotatable bonds is 5. The summed E-state index contributed by atoms with van der Waals surface area (Å²) in [6, 6.07) is 8.90. The van der Waals surface area contributed by atoms with Gasteiger partial charge in [-0.15, -0.1) is 0 Å². The second kappa shape index (κ2) is 5.97. The third kappa shape index (κ3) is 3.86. The molecule has 5 N–H and O–H groups in total. The molecule has 0 aliphatic heterocycles. The fraction of sp³-hybridized carbons (Fsp3) is 0.273. The molecule has 0 saturated heterocycles. The van der Waals surface area contributed by atoms with Crippen molar-refractivity contribution in [2.24, 2.45) is 17.4 Å². The van der Waals surface area contributed by atoms with Gasteiger partial charge < -0.3 is 21.3 Å². The number of carboxylic acid groups (broad SMARTS) is 1. The highest BCUT2D eigenvalue weighted by molar-refractivity contribution is 5.94. The van der Waals surface area contributed by atoms with Crippen LogP contribution in [-0.4, -0.2) is 23.2 Å². The average Bonchev–Trinajstić information content (AvgIpc) is 2.27. The van der Waals surface area contributed by atoms with Crippen LogP contribution in [0.1, 0.15) is 5.56 Å². The molecule has 0 bridgehead atoms. The molecule has 0 aliphatic carbocycles. The Balaban J connectivity index is 2.57. The zero-order valence-electron chi connectivity index (χ0n) is 9.08. The molecule has 92 valence electrons. The van der Waals surface area contributed by atoms with Crippen molar-refractivity contribution in [2.75, 3.05) is 0 Å². The molecule has 0 fully saturated rings. The summed E-state index contributed by atoms with van der Waals surface area (Å²) >= 11 is 0. The highest BCUT2D eigenvalue weighted by Gasteiger charge is 2.32. The van der Waals surface area contributed by atoms with Crippen LogP contribution < -0.4 is 11.5 Å². The predicted octanol–water partition coefficient (Wildman–Crippen LogP) is -0.326. The molecule has 6 heteroatoms. The van der Waals surface area contributed by atoms with Crippen molar-refractivity contribution in [1.82, 2.24) is 0 Å². The lowest BCUT2D eigenvalue weighted by Crippen LogP contribution is -2.47. The molecule has 17 heavy (non-hydrogen) atoms. The molecule has 0 radical (unpaired) electrons. The topological polar surface area (TPSA) is 116 Å². The van der Waals surface area contributed by atoms with Crippen LogP contribution in [0.15, 0.2) is 30.3 Å². The standard InChI is InChI=1S/C11H14N2O4/c12-9(13)8(10(14)15)11(16)17-6-7-4-2-1-3-5-7/h1-5,8-9H,6,12-13H2,(H,14,15). The van der Waals surface area contributed by atoms with Crippen molar-refractivity contribution in [3.05, 3.63) is 35.9 Å². The van der Waals surface area contributed by atoms with E-state index in [1.807, 2.05) is 6.07 Å². The minimum atomic E-state index is -1.54. The van der Waals surface area contributed by atoms with Crippen LogP contribution in [0, 0.1) is 5.92 Å². The van der Waals surface area contributed by atoms with Crippen LogP contribution in [0.4, 0.5) is 0 Å². The monoisotopic (exact) mass is 238 g/mol. The summed E-state index contributed by atoms with van der Waals surface area (Å²) in [6.45, 7) is -0.00380. The van der Waals surface area contributed by atoms with Crippen LogP contribution in [0.5, 0.6) is 0 Å². The Hall–Kier alpha value is -1.92. The first-order chi connectivity index (χ1) is 8.02. The van der Waals surface area contributed by atoms with E-state index < -0.39 is 24.0 Å². The summed E-state index contributed by atoms with van der Waals surface area (Å²) in [7, 11) is 0. The molecule has 0 aliphatic rings. The van der Waals surface area contributed by atoms with Gasteiger partial charge >= 0.3 is 11.9 Å². The summed E-state index contributed by atoms with van der Waals surface area (Å²) in [5, 5.41) is 8.75. The maximum atomic E-state index is 11.4. The first-order valence-corrected chi connectivity index (χ1v) is 4.97. The highest BCUT2D eigenvalue weighted by Crippen LogP contribution is 2.06. The number of aliphatic carboxylic acids is 1. The van der Waals surface area contributed by atoms with Gasteiger partial charge in [0.15, 0.2) is 5.92 Å². The van der Waals surface area contributed by atoms with E-state index >= 15 is 0 Å². The quantitative estimate of drug-likeness (QED) is 0.367. The molecule has 0 heterocycles. The van der Waals surface area contributed by atoms with Gasteiger partial charge in [0.25, 0.3) is 0 Å². The lowest BCUT2D eigenvalue weighted by atomic mass is 10.1. The molecule has 0 amide bonds. The van der Waals surface area contributed by atoms with E-state index in [4.69, 9.17) is 21.3 Å². The van der Waals surface area contributed by atoms with E-state index in [9.17, 15) is 9.59 Å². The van der Waals surface area contributed by atoms with Gasteiger partial charge in [0.2, 0.25) is 0 Å². The fourth-order valence-electron chi connectivity index (χ4n) is 1.24. The number of hydrogen-bond donors (Lipinski definition) is 3. The molecule has 6 nitrogen and oxygen atoms in total. The Morgan fingerprint density at radius 1 is 1.24 bits per heavy atom. The predicted molar refractivity (Wildman–Crippen MR) is 59.5 cm³/mol. The summed E-state index contributed by atoms with van der Waals surface area (Å²) in [5.74, 6) is -3.87. The van der Waals surface area contributed by atoms with Gasteiger partial charge in [0, 0.05) is 0 Å². The SMILES string of the molecule is NC(N)C(C(=O)O)C(=O)OCc1ccccc1. The average molecular weight is 238 g/mol. The molecule has 0 saturated carbocycles. The van der Waals surface area contributed by atoms with Crippen molar-refractivity contribution >= 4 is 11.9 Å². The number of benzene rings is 1. The van der Waals surface area contributed by atoms with Gasteiger partial charge in [-0.3, -0.25) is 9.59 Å². The van der Waals surface area contributed by atoms with Crippen LogP contribution >= 0.6 is 0 Å². The molecule has 0 spiro atoms. The third-order valence-electron chi connectivity index (χ3n) is 2.13. The van der Waals surface area contributed by atoms with E-state index in [2.05, 4.69) is 0 Å². The molecular formula is C11H14N2O4. The maximum Gasteiger partial charge on any atom is 0.323 e. The summed E-state index contributed by atoms with van der Waals surface area (Å²) in [4.78, 5) is 22.2. The van der Waals surface area contributed by atoms with Gasteiger partial charge in [-0.2, -0.15) is 0 Å². The number of carboxylic acids is 1. The molecule has 0 aromatic heterocycles. The number of carbonyl (C=O) groups is 2. The van der Waals surface area contributed by atoms with Crippen LogP contribution in [0.3, 0.4) is 0 Å².